The SMILES string of the molecule is CC(C)(C)c1cccc2c1c1ncccc1c1nc3ccccc3n21. The highest BCUT2D eigenvalue weighted by Crippen LogP contribution is 2.37. The maximum atomic E-state index is 4.91. The summed E-state index contributed by atoms with van der Waals surface area (Å²) in [5.74, 6) is 0. The van der Waals surface area contributed by atoms with Crippen LogP contribution in [0.4, 0.5) is 0 Å². The largest absolute Gasteiger partial charge is 0.292 e. The van der Waals surface area contributed by atoms with Gasteiger partial charge in [0.15, 0.2) is 0 Å². The summed E-state index contributed by atoms with van der Waals surface area (Å²) < 4.78 is 2.28. The smallest absolute Gasteiger partial charge is 0.147 e. The van der Waals surface area contributed by atoms with Crippen LogP contribution in [-0.4, -0.2) is 14.4 Å². The Morgan fingerprint density at radius 2 is 1.64 bits per heavy atom. The van der Waals surface area contributed by atoms with Crippen LogP contribution < -0.4 is 0 Å². The Kier molecular flexibility index (Phi) is 2.76. The normalized spacial score (nSPS) is 12.6. The lowest BCUT2D eigenvalue weighted by Gasteiger charge is -2.22. The molecule has 0 bridgehead atoms. The highest BCUT2D eigenvalue weighted by molar-refractivity contribution is 6.13. The van der Waals surface area contributed by atoms with E-state index >= 15 is 0 Å². The molecule has 0 unspecified atom stereocenters. The molecule has 0 saturated carbocycles. The second-order valence-corrected chi connectivity index (χ2v) is 7.61. The first-order chi connectivity index (χ1) is 12.1. The molecular weight excluding hydrogens is 306 g/mol. The molecule has 0 N–H and O–H groups in total. The highest BCUT2D eigenvalue weighted by atomic mass is 15.0. The van der Waals surface area contributed by atoms with Gasteiger partial charge in [0.1, 0.15) is 5.65 Å². The van der Waals surface area contributed by atoms with E-state index in [1.165, 1.54) is 16.5 Å². The summed E-state index contributed by atoms with van der Waals surface area (Å²) in [4.78, 5) is 9.66. The zero-order valence-electron chi connectivity index (χ0n) is 14.6. The quantitative estimate of drug-likeness (QED) is 0.353. The van der Waals surface area contributed by atoms with Gasteiger partial charge in [-0.1, -0.05) is 45.0 Å². The molecule has 122 valence electrons. The molecule has 3 aromatic heterocycles. The van der Waals surface area contributed by atoms with Crippen LogP contribution in [0, 0.1) is 0 Å². The molecule has 2 aromatic carbocycles. The van der Waals surface area contributed by atoms with Gasteiger partial charge >= 0.3 is 0 Å². The lowest BCUT2D eigenvalue weighted by Crippen LogP contribution is -2.12. The third-order valence-electron chi connectivity index (χ3n) is 4.94. The second kappa shape index (κ2) is 4.79. The number of rotatable bonds is 0. The fraction of sp³-hybridized carbons (Fsp3) is 0.182. The first kappa shape index (κ1) is 14.4. The summed E-state index contributed by atoms with van der Waals surface area (Å²) in [5.41, 5.74) is 6.68. The average Bonchev–Trinajstić information content (AvgIpc) is 3.00. The molecule has 0 aliphatic heterocycles. The number of hydrogen-bond donors (Lipinski definition) is 0. The Balaban J connectivity index is 2.19. The van der Waals surface area contributed by atoms with Gasteiger partial charge in [0, 0.05) is 17.0 Å². The lowest BCUT2D eigenvalue weighted by atomic mass is 9.84. The molecule has 0 spiro atoms. The second-order valence-electron chi connectivity index (χ2n) is 7.61. The van der Waals surface area contributed by atoms with Crippen LogP contribution in [0.25, 0.3) is 38.5 Å². The summed E-state index contributed by atoms with van der Waals surface area (Å²) in [5, 5.41) is 2.32. The van der Waals surface area contributed by atoms with Crippen LogP contribution in [0.5, 0.6) is 0 Å². The van der Waals surface area contributed by atoms with E-state index in [0.29, 0.717) is 0 Å². The van der Waals surface area contributed by atoms with Crippen molar-refractivity contribution in [1.29, 1.82) is 0 Å². The van der Waals surface area contributed by atoms with E-state index in [9.17, 15) is 0 Å². The van der Waals surface area contributed by atoms with Crippen molar-refractivity contribution in [3.05, 3.63) is 66.4 Å². The van der Waals surface area contributed by atoms with E-state index in [-0.39, 0.29) is 5.41 Å². The van der Waals surface area contributed by atoms with Crippen LogP contribution in [0.3, 0.4) is 0 Å². The van der Waals surface area contributed by atoms with Crippen molar-refractivity contribution in [2.24, 2.45) is 0 Å². The molecule has 0 saturated heterocycles. The Hall–Kier alpha value is -2.94. The van der Waals surface area contributed by atoms with Crippen LogP contribution in [0.2, 0.25) is 0 Å². The van der Waals surface area contributed by atoms with Crippen molar-refractivity contribution in [1.82, 2.24) is 14.4 Å². The molecule has 5 rings (SSSR count). The molecule has 0 radical (unpaired) electrons. The maximum absolute atomic E-state index is 4.91. The van der Waals surface area contributed by atoms with Crippen molar-refractivity contribution in [2.75, 3.05) is 0 Å². The van der Waals surface area contributed by atoms with Crippen LogP contribution in [0.15, 0.2) is 60.8 Å². The minimum Gasteiger partial charge on any atom is -0.292 e. The van der Waals surface area contributed by atoms with Gasteiger partial charge in [0.25, 0.3) is 0 Å². The van der Waals surface area contributed by atoms with Crippen molar-refractivity contribution in [3.8, 4) is 0 Å². The minimum atomic E-state index is 0.0357. The van der Waals surface area contributed by atoms with Crippen LogP contribution in [0.1, 0.15) is 26.3 Å². The predicted octanol–water partition coefficient (Wildman–Crippen LogP) is 5.49. The molecule has 3 heterocycles. The summed E-state index contributed by atoms with van der Waals surface area (Å²) in [7, 11) is 0. The number of pyridine rings is 2. The number of nitrogens with zero attached hydrogens (tertiary/aromatic N) is 3. The molecule has 0 atom stereocenters. The van der Waals surface area contributed by atoms with Crippen LogP contribution >= 0.6 is 0 Å². The van der Waals surface area contributed by atoms with Gasteiger partial charge in [0.2, 0.25) is 0 Å². The van der Waals surface area contributed by atoms with Crippen molar-refractivity contribution in [3.63, 3.8) is 0 Å². The predicted molar refractivity (Wildman–Crippen MR) is 104 cm³/mol. The maximum Gasteiger partial charge on any atom is 0.147 e. The number of fused-ring (bicyclic) bond motifs is 8. The Morgan fingerprint density at radius 3 is 2.48 bits per heavy atom. The van der Waals surface area contributed by atoms with Crippen molar-refractivity contribution < 1.29 is 0 Å². The third-order valence-corrected chi connectivity index (χ3v) is 4.94. The topological polar surface area (TPSA) is 30.2 Å². The molecule has 0 fully saturated rings. The molecule has 3 heteroatoms. The van der Waals surface area contributed by atoms with Crippen molar-refractivity contribution >= 4 is 38.5 Å². The number of para-hydroxylation sites is 2. The Labute approximate surface area is 145 Å². The fourth-order valence-electron chi connectivity index (χ4n) is 3.84. The highest BCUT2D eigenvalue weighted by Gasteiger charge is 2.21. The van der Waals surface area contributed by atoms with E-state index in [2.05, 4.69) is 67.6 Å². The molecule has 0 aliphatic carbocycles. The molecule has 5 aromatic rings. The van der Waals surface area contributed by atoms with E-state index < -0.39 is 0 Å². The van der Waals surface area contributed by atoms with Crippen LogP contribution in [-0.2, 0) is 5.41 Å². The monoisotopic (exact) mass is 325 g/mol. The molecular formula is C22H19N3. The van der Waals surface area contributed by atoms with Gasteiger partial charge in [-0.15, -0.1) is 0 Å². The van der Waals surface area contributed by atoms with Gasteiger partial charge in [-0.2, -0.15) is 0 Å². The first-order valence-corrected chi connectivity index (χ1v) is 8.63. The summed E-state index contributed by atoms with van der Waals surface area (Å²) in [6.45, 7) is 6.77. The van der Waals surface area contributed by atoms with Crippen molar-refractivity contribution in [2.45, 2.75) is 26.2 Å². The zero-order valence-corrected chi connectivity index (χ0v) is 14.6. The van der Waals surface area contributed by atoms with Gasteiger partial charge in [-0.3, -0.25) is 9.38 Å². The van der Waals surface area contributed by atoms with E-state index in [1.54, 1.807) is 0 Å². The third kappa shape index (κ3) is 1.92. The standard InChI is InChI=1S/C22H19N3/c1-22(2,3)15-9-6-12-18-19(15)20-14(8-7-13-23-20)21-24-16-10-4-5-11-17(16)25(18)21/h4-13H,1-3H3. The molecule has 25 heavy (non-hydrogen) atoms. The zero-order chi connectivity index (χ0) is 17.2. The Morgan fingerprint density at radius 1 is 0.840 bits per heavy atom. The number of aromatic nitrogens is 3. The molecule has 0 aliphatic rings. The number of benzene rings is 2. The minimum absolute atomic E-state index is 0.0357. The lowest BCUT2D eigenvalue weighted by molar-refractivity contribution is 0.596. The van der Waals surface area contributed by atoms with Gasteiger partial charge in [0.05, 0.1) is 22.1 Å². The summed E-state index contributed by atoms with van der Waals surface area (Å²) in [6.07, 6.45) is 1.88. The first-order valence-electron chi connectivity index (χ1n) is 8.63. The number of imidazole rings is 1. The average molecular weight is 325 g/mol. The van der Waals surface area contributed by atoms with Gasteiger partial charge in [-0.05, 0) is 41.3 Å². The molecule has 0 amide bonds. The Bertz CT molecular complexity index is 1270. The summed E-state index contributed by atoms with van der Waals surface area (Å²) >= 11 is 0. The van der Waals surface area contributed by atoms with E-state index in [0.717, 1.165) is 27.6 Å². The van der Waals surface area contributed by atoms with E-state index in [1.807, 2.05) is 18.3 Å². The fourth-order valence-corrected chi connectivity index (χ4v) is 3.84. The number of hydrogen-bond acceptors (Lipinski definition) is 2. The molecule has 3 nitrogen and oxygen atoms in total. The van der Waals surface area contributed by atoms with E-state index in [4.69, 9.17) is 9.97 Å². The van der Waals surface area contributed by atoms with Gasteiger partial charge < -0.3 is 0 Å². The van der Waals surface area contributed by atoms with Gasteiger partial charge in [-0.25, -0.2) is 4.98 Å². The summed E-state index contributed by atoms with van der Waals surface area (Å²) in [6, 6.07) is 19.0.